The Morgan fingerprint density at radius 3 is 2.59 bits per heavy atom. The SMILES string of the molecule is NCC1CCCCN(C(=O)/C=C/c2ccc(C(N)=O)cc2)C1. The van der Waals surface area contributed by atoms with Gasteiger partial charge in [-0.05, 0) is 49.1 Å². The number of carbonyl (C=O) groups is 2. The van der Waals surface area contributed by atoms with Crippen LogP contribution in [0.25, 0.3) is 6.08 Å². The molecule has 1 atom stereocenters. The Morgan fingerprint density at radius 1 is 1.23 bits per heavy atom. The second-order valence-corrected chi connectivity index (χ2v) is 5.70. The van der Waals surface area contributed by atoms with E-state index in [2.05, 4.69) is 0 Å². The van der Waals surface area contributed by atoms with Crippen molar-refractivity contribution in [2.24, 2.45) is 17.4 Å². The molecule has 1 heterocycles. The lowest BCUT2D eigenvalue weighted by molar-refractivity contribution is -0.126. The molecule has 0 radical (unpaired) electrons. The van der Waals surface area contributed by atoms with Crippen LogP contribution in [0.2, 0.25) is 0 Å². The zero-order valence-corrected chi connectivity index (χ0v) is 12.7. The van der Waals surface area contributed by atoms with Crippen molar-refractivity contribution >= 4 is 17.9 Å². The largest absolute Gasteiger partial charge is 0.366 e. The molecular weight excluding hydrogens is 278 g/mol. The molecule has 1 aliphatic heterocycles. The highest BCUT2D eigenvalue weighted by Gasteiger charge is 2.19. The molecule has 1 saturated heterocycles. The summed E-state index contributed by atoms with van der Waals surface area (Å²) in [5.41, 5.74) is 12.3. The number of rotatable bonds is 4. The third kappa shape index (κ3) is 4.43. The van der Waals surface area contributed by atoms with Gasteiger partial charge in [0, 0.05) is 24.7 Å². The Balaban J connectivity index is 1.99. The van der Waals surface area contributed by atoms with E-state index in [9.17, 15) is 9.59 Å². The van der Waals surface area contributed by atoms with Gasteiger partial charge in [-0.2, -0.15) is 0 Å². The lowest BCUT2D eigenvalue weighted by Crippen LogP contribution is -2.35. The van der Waals surface area contributed by atoms with Crippen molar-refractivity contribution in [3.8, 4) is 0 Å². The average Bonchev–Trinajstić information content (AvgIpc) is 2.78. The van der Waals surface area contributed by atoms with Crippen LogP contribution in [0.3, 0.4) is 0 Å². The number of amides is 2. The summed E-state index contributed by atoms with van der Waals surface area (Å²) >= 11 is 0. The molecule has 5 nitrogen and oxygen atoms in total. The smallest absolute Gasteiger partial charge is 0.248 e. The number of hydrogen-bond donors (Lipinski definition) is 2. The van der Waals surface area contributed by atoms with Crippen LogP contribution < -0.4 is 11.5 Å². The second kappa shape index (κ2) is 7.75. The van der Waals surface area contributed by atoms with E-state index in [1.54, 1.807) is 36.4 Å². The fourth-order valence-electron chi connectivity index (χ4n) is 2.65. The van der Waals surface area contributed by atoms with Crippen LogP contribution in [0, 0.1) is 5.92 Å². The molecule has 1 aromatic carbocycles. The summed E-state index contributed by atoms with van der Waals surface area (Å²) in [5, 5.41) is 0. The minimum Gasteiger partial charge on any atom is -0.366 e. The van der Waals surface area contributed by atoms with Gasteiger partial charge >= 0.3 is 0 Å². The molecule has 22 heavy (non-hydrogen) atoms. The van der Waals surface area contributed by atoms with Gasteiger partial charge in [-0.25, -0.2) is 0 Å². The molecule has 2 amide bonds. The quantitative estimate of drug-likeness (QED) is 0.823. The predicted molar refractivity (Wildman–Crippen MR) is 87.0 cm³/mol. The van der Waals surface area contributed by atoms with Gasteiger partial charge in [0.1, 0.15) is 0 Å². The number of hydrogen-bond acceptors (Lipinski definition) is 3. The van der Waals surface area contributed by atoms with Crippen molar-refractivity contribution in [2.45, 2.75) is 19.3 Å². The number of nitrogens with two attached hydrogens (primary N) is 2. The first kappa shape index (κ1) is 16.2. The molecule has 4 N–H and O–H groups in total. The second-order valence-electron chi connectivity index (χ2n) is 5.70. The number of primary amides is 1. The van der Waals surface area contributed by atoms with E-state index in [4.69, 9.17) is 11.5 Å². The third-order valence-corrected chi connectivity index (χ3v) is 4.03. The molecule has 1 aromatic rings. The monoisotopic (exact) mass is 301 g/mol. The van der Waals surface area contributed by atoms with Gasteiger partial charge in [0.15, 0.2) is 0 Å². The first-order valence-corrected chi connectivity index (χ1v) is 7.67. The Morgan fingerprint density at radius 2 is 1.95 bits per heavy atom. The number of carbonyl (C=O) groups excluding carboxylic acids is 2. The molecule has 2 rings (SSSR count). The topological polar surface area (TPSA) is 89.4 Å². The minimum absolute atomic E-state index is 0.0133. The number of likely N-dealkylation sites (tertiary alicyclic amines) is 1. The molecule has 1 unspecified atom stereocenters. The maximum absolute atomic E-state index is 12.3. The lowest BCUT2D eigenvalue weighted by atomic mass is 10.0. The summed E-state index contributed by atoms with van der Waals surface area (Å²) < 4.78 is 0. The van der Waals surface area contributed by atoms with Crippen LogP contribution in [0.15, 0.2) is 30.3 Å². The van der Waals surface area contributed by atoms with Gasteiger partial charge in [0.25, 0.3) is 0 Å². The van der Waals surface area contributed by atoms with Crippen molar-refractivity contribution < 1.29 is 9.59 Å². The van der Waals surface area contributed by atoms with E-state index in [0.717, 1.165) is 37.9 Å². The fraction of sp³-hybridized carbons (Fsp3) is 0.412. The molecule has 0 bridgehead atoms. The minimum atomic E-state index is -0.455. The van der Waals surface area contributed by atoms with E-state index in [-0.39, 0.29) is 5.91 Å². The van der Waals surface area contributed by atoms with Gasteiger partial charge < -0.3 is 16.4 Å². The molecule has 118 valence electrons. The van der Waals surface area contributed by atoms with E-state index in [1.807, 2.05) is 4.90 Å². The van der Waals surface area contributed by atoms with Gasteiger partial charge in [-0.15, -0.1) is 0 Å². The Kier molecular flexibility index (Phi) is 5.72. The van der Waals surface area contributed by atoms with Crippen LogP contribution in [0.5, 0.6) is 0 Å². The first-order chi connectivity index (χ1) is 10.6. The Bertz CT molecular complexity index is 552. The third-order valence-electron chi connectivity index (χ3n) is 4.03. The molecule has 0 spiro atoms. The molecular formula is C17H23N3O2. The summed E-state index contributed by atoms with van der Waals surface area (Å²) in [7, 11) is 0. The summed E-state index contributed by atoms with van der Waals surface area (Å²) in [6, 6.07) is 6.86. The molecule has 0 aliphatic carbocycles. The summed E-state index contributed by atoms with van der Waals surface area (Å²) in [6.45, 7) is 2.16. The highest BCUT2D eigenvalue weighted by atomic mass is 16.2. The average molecular weight is 301 g/mol. The number of benzene rings is 1. The van der Waals surface area contributed by atoms with Crippen molar-refractivity contribution in [3.05, 3.63) is 41.5 Å². The maximum atomic E-state index is 12.3. The molecule has 1 fully saturated rings. The van der Waals surface area contributed by atoms with Gasteiger partial charge in [0.05, 0.1) is 0 Å². The van der Waals surface area contributed by atoms with Crippen LogP contribution >= 0.6 is 0 Å². The van der Waals surface area contributed by atoms with Crippen molar-refractivity contribution in [3.63, 3.8) is 0 Å². The van der Waals surface area contributed by atoms with E-state index in [1.165, 1.54) is 0 Å². The van der Waals surface area contributed by atoms with Gasteiger partial charge in [0.2, 0.25) is 11.8 Å². The van der Waals surface area contributed by atoms with Crippen LogP contribution in [0.4, 0.5) is 0 Å². The molecule has 5 heteroatoms. The Labute approximate surface area is 131 Å². The normalized spacial score (nSPS) is 19.1. The maximum Gasteiger partial charge on any atom is 0.248 e. The molecule has 0 saturated carbocycles. The molecule has 1 aliphatic rings. The van der Waals surface area contributed by atoms with E-state index < -0.39 is 5.91 Å². The number of nitrogens with zero attached hydrogens (tertiary/aromatic N) is 1. The van der Waals surface area contributed by atoms with Crippen LogP contribution in [-0.4, -0.2) is 36.3 Å². The van der Waals surface area contributed by atoms with Crippen molar-refractivity contribution in [1.29, 1.82) is 0 Å². The van der Waals surface area contributed by atoms with Crippen molar-refractivity contribution in [1.82, 2.24) is 4.90 Å². The lowest BCUT2D eigenvalue weighted by Gasteiger charge is -2.22. The fourth-order valence-corrected chi connectivity index (χ4v) is 2.65. The summed E-state index contributed by atoms with van der Waals surface area (Å²) in [5.74, 6) is -0.0435. The van der Waals surface area contributed by atoms with Gasteiger partial charge in [-0.1, -0.05) is 18.6 Å². The first-order valence-electron chi connectivity index (χ1n) is 7.67. The summed E-state index contributed by atoms with van der Waals surface area (Å²) in [6.07, 6.45) is 6.60. The van der Waals surface area contributed by atoms with Crippen LogP contribution in [-0.2, 0) is 4.79 Å². The van der Waals surface area contributed by atoms with E-state index >= 15 is 0 Å². The zero-order valence-electron chi connectivity index (χ0n) is 12.7. The van der Waals surface area contributed by atoms with Crippen molar-refractivity contribution in [2.75, 3.05) is 19.6 Å². The highest BCUT2D eigenvalue weighted by Crippen LogP contribution is 2.16. The van der Waals surface area contributed by atoms with E-state index in [0.29, 0.717) is 18.0 Å². The molecule has 0 aromatic heterocycles. The van der Waals surface area contributed by atoms with Gasteiger partial charge in [-0.3, -0.25) is 9.59 Å². The zero-order chi connectivity index (χ0) is 15.9. The standard InChI is InChI=1S/C17H23N3O2/c18-11-14-3-1-2-10-20(12-14)16(21)9-6-13-4-7-15(8-5-13)17(19)22/h4-9,14H,1-3,10-12,18H2,(H2,19,22)/b9-6+. The Hall–Kier alpha value is -2.14. The predicted octanol–water partition coefficient (Wildman–Crippen LogP) is 1.39. The summed E-state index contributed by atoms with van der Waals surface area (Å²) in [4.78, 5) is 25.2. The highest BCUT2D eigenvalue weighted by molar-refractivity contribution is 5.94. The van der Waals surface area contributed by atoms with Crippen LogP contribution in [0.1, 0.15) is 35.2 Å².